The first-order chi connectivity index (χ1) is 12.6. The average molecular weight is 353 g/mol. The van der Waals surface area contributed by atoms with E-state index in [0.717, 1.165) is 18.5 Å². The van der Waals surface area contributed by atoms with Crippen molar-refractivity contribution >= 4 is 23.2 Å². The van der Waals surface area contributed by atoms with Gasteiger partial charge in [0.1, 0.15) is 0 Å². The lowest BCUT2D eigenvalue weighted by atomic mass is 10.1. The molecule has 1 fully saturated rings. The largest absolute Gasteiger partial charge is 0.454 e. The summed E-state index contributed by atoms with van der Waals surface area (Å²) in [5, 5.41) is 2.79. The number of carbonyl (C=O) groups excluding carboxylic acids is 2. The van der Waals surface area contributed by atoms with E-state index < -0.39 is 0 Å². The molecule has 26 heavy (non-hydrogen) atoms. The Labute approximate surface area is 150 Å². The van der Waals surface area contributed by atoms with E-state index in [1.54, 1.807) is 24.3 Å². The van der Waals surface area contributed by atoms with Gasteiger partial charge in [-0.25, -0.2) is 0 Å². The fourth-order valence-corrected chi connectivity index (χ4v) is 3.11. The molecular weight excluding hydrogens is 334 g/mol. The van der Waals surface area contributed by atoms with E-state index in [9.17, 15) is 9.59 Å². The van der Waals surface area contributed by atoms with Gasteiger partial charge < -0.3 is 25.4 Å². The molecule has 0 bridgehead atoms. The second-order valence-corrected chi connectivity index (χ2v) is 6.36. The lowest BCUT2D eigenvalue weighted by Crippen LogP contribution is -2.23. The third kappa shape index (κ3) is 3.15. The average Bonchev–Trinajstić information content (AvgIpc) is 3.24. The van der Waals surface area contributed by atoms with Gasteiger partial charge in [0.2, 0.25) is 12.7 Å². The zero-order valence-electron chi connectivity index (χ0n) is 14.2. The minimum atomic E-state index is -0.264. The molecule has 0 spiro atoms. The van der Waals surface area contributed by atoms with Gasteiger partial charge in [-0.2, -0.15) is 0 Å². The van der Waals surface area contributed by atoms with E-state index in [-0.39, 0.29) is 18.6 Å². The number of hydrogen-bond donors (Lipinski definition) is 2. The number of nitrogens with one attached hydrogen (secondary N) is 1. The molecule has 0 atom stereocenters. The molecule has 2 aromatic rings. The lowest BCUT2D eigenvalue weighted by molar-refractivity contribution is -0.128. The standard InChI is InChI=1S/C19H19N3O4/c20-14-8-16-17(26-11-25-16)9-15(14)21-19(24)13-5-3-12(4-6-13)10-22-7-1-2-18(22)23/h3-6,8-9H,1-2,7,10-11,20H2,(H,21,24). The summed E-state index contributed by atoms with van der Waals surface area (Å²) < 4.78 is 10.6. The highest BCUT2D eigenvalue weighted by Crippen LogP contribution is 2.38. The number of likely N-dealkylation sites (tertiary alicyclic amines) is 1. The summed E-state index contributed by atoms with van der Waals surface area (Å²) in [6, 6.07) is 10.5. The summed E-state index contributed by atoms with van der Waals surface area (Å²) in [4.78, 5) is 26.0. The number of nitrogens with zero attached hydrogens (tertiary/aromatic N) is 1. The highest BCUT2D eigenvalue weighted by atomic mass is 16.7. The number of benzene rings is 2. The van der Waals surface area contributed by atoms with Gasteiger partial charge >= 0.3 is 0 Å². The maximum atomic E-state index is 12.5. The molecule has 2 aliphatic heterocycles. The zero-order chi connectivity index (χ0) is 18.1. The third-order valence-corrected chi connectivity index (χ3v) is 4.55. The van der Waals surface area contributed by atoms with Crippen molar-refractivity contribution in [3.63, 3.8) is 0 Å². The van der Waals surface area contributed by atoms with Gasteiger partial charge in [0.25, 0.3) is 5.91 Å². The molecule has 2 heterocycles. The first kappa shape index (κ1) is 16.3. The van der Waals surface area contributed by atoms with Crippen molar-refractivity contribution in [2.75, 3.05) is 24.4 Å². The Morgan fingerprint density at radius 3 is 2.58 bits per heavy atom. The Morgan fingerprint density at radius 1 is 1.15 bits per heavy atom. The molecule has 0 unspecified atom stereocenters. The molecule has 0 aliphatic carbocycles. The first-order valence-corrected chi connectivity index (χ1v) is 8.47. The van der Waals surface area contributed by atoms with Crippen LogP contribution in [0.1, 0.15) is 28.8 Å². The predicted octanol–water partition coefficient (Wildman–Crippen LogP) is 2.37. The lowest BCUT2D eigenvalue weighted by Gasteiger charge is -2.15. The SMILES string of the molecule is Nc1cc2c(cc1NC(=O)c1ccc(CN3CCCC3=O)cc1)OCO2. The maximum Gasteiger partial charge on any atom is 0.255 e. The molecule has 4 rings (SSSR count). The Hall–Kier alpha value is -3.22. The number of ether oxygens (including phenoxy) is 2. The number of amides is 2. The molecule has 134 valence electrons. The zero-order valence-corrected chi connectivity index (χ0v) is 14.2. The normalized spacial score (nSPS) is 15.4. The Kier molecular flexibility index (Phi) is 4.12. The van der Waals surface area contributed by atoms with Crippen LogP contribution in [0.15, 0.2) is 36.4 Å². The Balaban J connectivity index is 1.44. The maximum absolute atomic E-state index is 12.5. The van der Waals surface area contributed by atoms with Crippen LogP contribution in [0.25, 0.3) is 0 Å². The van der Waals surface area contributed by atoms with Crippen LogP contribution < -0.4 is 20.5 Å². The van der Waals surface area contributed by atoms with Crippen LogP contribution in [-0.2, 0) is 11.3 Å². The predicted molar refractivity (Wildman–Crippen MR) is 96.0 cm³/mol. The number of carbonyl (C=O) groups is 2. The van der Waals surface area contributed by atoms with Gasteiger partial charge in [-0.05, 0) is 24.1 Å². The molecular formula is C19H19N3O4. The van der Waals surface area contributed by atoms with Crippen LogP contribution in [0.4, 0.5) is 11.4 Å². The van der Waals surface area contributed by atoms with E-state index in [2.05, 4.69) is 5.32 Å². The van der Waals surface area contributed by atoms with Crippen molar-refractivity contribution in [3.05, 3.63) is 47.5 Å². The van der Waals surface area contributed by atoms with Crippen molar-refractivity contribution in [3.8, 4) is 11.5 Å². The van der Waals surface area contributed by atoms with Crippen molar-refractivity contribution in [2.24, 2.45) is 0 Å². The number of anilines is 2. The van der Waals surface area contributed by atoms with E-state index in [4.69, 9.17) is 15.2 Å². The monoisotopic (exact) mass is 353 g/mol. The number of nitrogens with two attached hydrogens (primary N) is 1. The van der Waals surface area contributed by atoms with Gasteiger partial charge in [0.05, 0.1) is 11.4 Å². The highest BCUT2D eigenvalue weighted by Gasteiger charge is 2.20. The van der Waals surface area contributed by atoms with Gasteiger partial charge in [0, 0.05) is 37.2 Å². The van der Waals surface area contributed by atoms with E-state index in [1.807, 2.05) is 17.0 Å². The third-order valence-electron chi connectivity index (χ3n) is 4.55. The quantitative estimate of drug-likeness (QED) is 0.823. The van der Waals surface area contributed by atoms with Crippen molar-refractivity contribution in [1.29, 1.82) is 0 Å². The van der Waals surface area contributed by atoms with Crippen molar-refractivity contribution < 1.29 is 19.1 Å². The van der Waals surface area contributed by atoms with Crippen LogP contribution in [0.5, 0.6) is 11.5 Å². The van der Waals surface area contributed by atoms with Gasteiger partial charge in [-0.1, -0.05) is 12.1 Å². The smallest absolute Gasteiger partial charge is 0.255 e. The molecule has 0 saturated carbocycles. The summed E-state index contributed by atoms with van der Waals surface area (Å²) in [6.45, 7) is 1.52. The molecule has 7 nitrogen and oxygen atoms in total. The van der Waals surface area contributed by atoms with Crippen molar-refractivity contribution in [1.82, 2.24) is 4.90 Å². The molecule has 0 radical (unpaired) electrons. The van der Waals surface area contributed by atoms with E-state index in [0.29, 0.717) is 41.4 Å². The van der Waals surface area contributed by atoms with Gasteiger partial charge in [-0.15, -0.1) is 0 Å². The summed E-state index contributed by atoms with van der Waals surface area (Å²) in [7, 11) is 0. The minimum absolute atomic E-state index is 0.146. The number of nitrogen functional groups attached to an aromatic ring is 1. The van der Waals surface area contributed by atoms with Crippen molar-refractivity contribution in [2.45, 2.75) is 19.4 Å². The molecule has 1 saturated heterocycles. The fourth-order valence-electron chi connectivity index (χ4n) is 3.11. The summed E-state index contributed by atoms with van der Waals surface area (Å²) in [5.41, 5.74) is 8.36. The molecule has 2 amide bonds. The van der Waals surface area contributed by atoms with Crippen LogP contribution in [0.3, 0.4) is 0 Å². The number of hydrogen-bond acceptors (Lipinski definition) is 5. The second kappa shape index (κ2) is 6.59. The fraction of sp³-hybridized carbons (Fsp3) is 0.263. The van der Waals surface area contributed by atoms with Crippen LogP contribution >= 0.6 is 0 Å². The highest BCUT2D eigenvalue weighted by molar-refractivity contribution is 6.06. The van der Waals surface area contributed by atoms with E-state index >= 15 is 0 Å². The van der Waals surface area contributed by atoms with Gasteiger partial charge in [-0.3, -0.25) is 9.59 Å². The van der Waals surface area contributed by atoms with Crippen LogP contribution in [0, 0.1) is 0 Å². The first-order valence-electron chi connectivity index (χ1n) is 8.47. The second-order valence-electron chi connectivity index (χ2n) is 6.36. The Morgan fingerprint density at radius 2 is 1.88 bits per heavy atom. The Bertz CT molecular complexity index is 864. The van der Waals surface area contributed by atoms with E-state index in [1.165, 1.54) is 0 Å². The molecule has 2 aromatic carbocycles. The summed E-state index contributed by atoms with van der Waals surface area (Å²) >= 11 is 0. The molecule has 0 aromatic heterocycles. The van der Waals surface area contributed by atoms with Crippen LogP contribution in [-0.4, -0.2) is 30.1 Å². The molecule has 2 aliphatic rings. The van der Waals surface area contributed by atoms with Crippen LogP contribution in [0.2, 0.25) is 0 Å². The minimum Gasteiger partial charge on any atom is -0.454 e. The number of fused-ring (bicyclic) bond motifs is 1. The number of rotatable bonds is 4. The summed E-state index contributed by atoms with van der Waals surface area (Å²) in [6.07, 6.45) is 1.54. The van der Waals surface area contributed by atoms with Gasteiger partial charge in [0.15, 0.2) is 11.5 Å². The molecule has 7 heteroatoms. The summed E-state index contributed by atoms with van der Waals surface area (Å²) in [5.74, 6) is 1.05. The topological polar surface area (TPSA) is 93.9 Å². The molecule has 3 N–H and O–H groups in total.